The normalized spacial score (nSPS) is 16.8. The maximum absolute atomic E-state index is 6.27. The number of para-hydroxylation sites is 1. The number of aryl methyl sites for hydroxylation is 1. The summed E-state index contributed by atoms with van der Waals surface area (Å²) in [5.41, 5.74) is 10.8. The molecule has 3 heterocycles. The van der Waals surface area contributed by atoms with Crippen LogP contribution in [0.4, 0.5) is 5.95 Å². The van der Waals surface area contributed by atoms with E-state index >= 15 is 0 Å². The molecular formula is C31H36N8O3. The highest BCUT2D eigenvalue weighted by Crippen LogP contribution is 2.46. The summed E-state index contributed by atoms with van der Waals surface area (Å²) in [4.78, 5) is 19.4. The van der Waals surface area contributed by atoms with Crippen LogP contribution in [-0.2, 0) is 12.1 Å². The molecule has 1 aliphatic carbocycles. The fourth-order valence-corrected chi connectivity index (χ4v) is 5.64. The molecule has 1 saturated carbocycles. The van der Waals surface area contributed by atoms with Crippen LogP contribution >= 0.6 is 0 Å². The van der Waals surface area contributed by atoms with Crippen LogP contribution < -0.4 is 25.3 Å². The van der Waals surface area contributed by atoms with Crippen molar-refractivity contribution in [2.45, 2.75) is 57.5 Å². The zero-order valence-electron chi connectivity index (χ0n) is 24.8. The van der Waals surface area contributed by atoms with Gasteiger partial charge in [0.25, 0.3) is 0 Å². The molecule has 3 N–H and O–H groups in total. The van der Waals surface area contributed by atoms with E-state index in [2.05, 4.69) is 10.3 Å². The van der Waals surface area contributed by atoms with Crippen LogP contribution in [0.25, 0.3) is 16.6 Å². The Bertz CT molecular complexity index is 1770. The number of hydrogen-bond acceptors (Lipinski definition) is 10. The fraction of sp³-hybridized carbons (Fsp3) is 0.387. The van der Waals surface area contributed by atoms with Gasteiger partial charge in [-0.1, -0.05) is 6.07 Å². The molecule has 0 spiro atoms. The van der Waals surface area contributed by atoms with E-state index < -0.39 is 5.54 Å². The Morgan fingerprint density at radius 2 is 1.76 bits per heavy atom. The van der Waals surface area contributed by atoms with Gasteiger partial charge >= 0.3 is 0 Å². The van der Waals surface area contributed by atoms with Crippen molar-refractivity contribution in [1.29, 1.82) is 0 Å². The number of aromatic nitrogens is 6. The minimum atomic E-state index is -0.526. The number of methoxy groups -OCH3 is 3. The molecule has 0 saturated heterocycles. The Kier molecular flexibility index (Phi) is 7.05. The zero-order valence-corrected chi connectivity index (χ0v) is 24.8. The number of nitrogens with zero attached hydrogens (tertiary/aromatic N) is 6. The van der Waals surface area contributed by atoms with Gasteiger partial charge in [0.05, 0.1) is 44.0 Å². The lowest BCUT2D eigenvalue weighted by Crippen LogP contribution is -2.32. The number of fused-ring (bicyclic) bond motifs is 3. The first-order valence-electron chi connectivity index (χ1n) is 14.0. The lowest BCUT2D eigenvalue weighted by Gasteiger charge is -2.33. The molecule has 2 aromatic carbocycles. The van der Waals surface area contributed by atoms with Crippen molar-refractivity contribution >= 4 is 22.5 Å². The molecule has 42 heavy (non-hydrogen) atoms. The third kappa shape index (κ3) is 4.94. The second kappa shape index (κ2) is 10.7. The Hall–Kier alpha value is -4.51. The van der Waals surface area contributed by atoms with E-state index in [1.807, 2.05) is 63.4 Å². The van der Waals surface area contributed by atoms with E-state index in [0.29, 0.717) is 24.2 Å². The summed E-state index contributed by atoms with van der Waals surface area (Å²) in [6, 6.07) is 11.6. The first-order chi connectivity index (χ1) is 20.2. The number of rotatable bonds is 9. The van der Waals surface area contributed by atoms with Crippen LogP contribution in [0, 0.1) is 6.92 Å². The van der Waals surface area contributed by atoms with Crippen molar-refractivity contribution in [3.63, 3.8) is 0 Å². The minimum absolute atomic E-state index is 0.206. The number of nitrogens with one attached hydrogen (secondary N) is 1. The average Bonchev–Trinajstić information content (AvgIpc) is 3.39. The molecule has 0 atom stereocenters. The molecule has 5 aromatic rings. The summed E-state index contributed by atoms with van der Waals surface area (Å²) in [7, 11) is 4.92. The lowest BCUT2D eigenvalue weighted by atomic mass is 9.73. The Labute approximate surface area is 244 Å². The topological polar surface area (TPSA) is 135 Å². The van der Waals surface area contributed by atoms with Gasteiger partial charge in [0.2, 0.25) is 5.95 Å². The highest BCUT2D eigenvalue weighted by molar-refractivity contribution is 5.96. The molecule has 1 fully saturated rings. The molecule has 0 amide bonds. The molecule has 0 aliphatic heterocycles. The minimum Gasteiger partial charge on any atom is -0.497 e. The molecule has 3 aromatic heterocycles. The van der Waals surface area contributed by atoms with E-state index in [1.54, 1.807) is 25.8 Å². The SMILES string of the molecule is COc1ccc(CNc2nc3c(OC)cccc3c3nc(C4CC(c5cnc(C(C)(C)N)c(C)n5)C4)nn23)c(OC)c1. The molecule has 0 bridgehead atoms. The molecule has 0 radical (unpaired) electrons. The first-order valence-corrected chi connectivity index (χ1v) is 14.0. The number of nitrogens with two attached hydrogens (primary N) is 1. The third-order valence-electron chi connectivity index (χ3n) is 7.93. The fourth-order valence-electron chi connectivity index (χ4n) is 5.64. The van der Waals surface area contributed by atoms with Crippen molar-refractivity contribution in [2.24, 2.45) is 5.73 Å². The smallest absolute Gasteiger partial charge is 0.226 e. The number of anilines is 1. The molecule has 11 heteroatoms. The summed E-state index contributed by atoms with van der Waals surface area (Å²) in [5, 5.41) is 9.27. The zero-order chi connectivity index (χ0) is 29.6. The van der Waals surface area contributed by atoms with E-state index in [1.165, 1.54) is 0 Å². The Morgan fingerprint density at radius 1 is 0.976 bits per heavy atom. The first kappa shape index (κ1) is 27.6. The van der Waals surface area contributed by atoms with Crippen LogP contribution in [0.5, 0.6) is 17.2 Å². The van der Waals surface area contributed by atoms with Crippen LogP contribution in [0.1, 0.15) is 67.0 Å². The largest absolute Gasteiger partial charge is 0.497 e. The number of benzene rings is 2. The van der Waals surface area contributed by atoms with Gasteiger partial charge in [0.1, 0.15) is 22.8 Å². The van der Waals surface area contributed by atoms with Crippen molar-refractivity contribution < 1.29 is 14.2 Å². The molecule has 6 rings (SSSR count). The molecule has 218 valence electrons. The number of hydrogen-bond donors (Lipinski definition) is 2. The maximum atomic E-state index is 6.27. The molecule has 11 nitrogen and oxygen atoms in total. The van der Waals surface area contributed by atoms with Crippen molar-refractivity contribution in [1.82, 2.24) is 29.5 Å². The van der Waals surface area contributed by atoms with Gasteiger partial charge in [0, 0.05) is 41.6 Å². The molecular weight excluding hydrogens is 532 g/mol. The van der Waals surface area contributed by atoms with Crippen molar-refractivity contribution in [3.8, 4) is 17.2 Å². The highest BCUT2D eigenvalue weighted by Gasteiger charge is 2.36. The van der Waals surface area contributed by atoms with Crippen LogP contribution in [0.2, 0.25) is 0 Å². The Morgan fingerprint density at radius 3 is 2.45 bits per heavy atom. The number of ether oxygens (including phenoxy) is 3. The van der Waals surface area contributed by atoms with Gasteiger partial charge in [-0.25, -0.2) is 9.97 Å². The summed E-state index contributed by atoms with van der Waals surface area (Å²) >= 11 is 0. The Balaban J connectivity index is 1.31. The highest BCUT2D eigenvalue weighted by atomic mass is 16.5. The maximum Gasteiger partial charge on any atom is 0.226 e. The van der Waals surface area contributed by atoms with Crippen molar-refractivity contribution in [3.05, 3.63) is 71.1 Å². The molecule has 0 unspecified atom stereocenters. The monoisotopic (exact) mass is 568 g/mol. The van der Waals surface area contributed by atoms with Gasteiger partial charge in [0.15, 0.2) is 11.5 Å². The predicted molar refractivity (Wildman–Crippen MR) is 160 cm³/mol. The summed E-state index contributed by atoms with van der Waals surface area (Å²) in [6.07, 6.45) is 3.67. The van der Waals surface area contributed by atoms with Crippen LogP contribution in [0.3, 0.4) is 0 Å². The van der Waals surface area contributed by atoms with Crippen LogP contribution in [0.15, 0.2) is 42.6 Å². The van der Waals surface area contributed by atoms with E-state index in [4.69, 9.17) is 40.0 Å². The average molecular weight is 569 g/mol. The van der Waals surface area contributed by atoms with Gasteiger partial charge in [-0.05, 0) is 57.9 Å². The van der Waals surface area contributed by atoms with Crippen LogP contribution in [-0.4, -0.2) is 50.9 Å². The predicted octanol–water partition coefficient (Wildman–Crippen LogP) is 4.87. The summed E-state index contributed by atoms with van der Waals surface area (Å²) in [5.74, 6) is 3.99. The van der Waals surface area contributed by atoms with Gasteiger partial charge in [-0.15, -0.1) is 5.10 Å². The second-order valence-corrected chi connectivity index (χ2v) is 11.3. The quantitative estimate of drug-likeness (QED) is 0.254. The van der Waals surface area contributed by atoms with Gasteiger partial charge in [-0.3, -0.25) is 9.97 Å². The van der Waals surface area contributed by atoms with Gasteiger partial charge < -0.3 is 25.3 Å². The standard InChI is InChI=1S/C31H36N8O3/c1-17-27(31(2,3)32)33-16-23(35-17)19-12-20(13-19)28-37-29-22-8-7-9-24(41-5)26(22)36-30(39(29)38-28)34-15-18-10-11-21(40-4)14-25(18)42-6/h7-11,14,16,19-20H,12-13,15,32H2,1-6H3,(H,34,36). The van der Waals surface area contributed by atoms with E-state index in [0.717, 1.165) is 69.4 Å². The van der Waals surface area contributed by atoms with Crippen molar-refractivity contribution in [2.75, 3.05) is 26.6 Å². The summed E-state index contributed by atoms with van der Waals surface area (Å²) < 4.78 is 18.4. The van der Waals surface area contributed by atoms with E-state index in [9.17, 15) is 0 Å². The third-order valence-corrected chi connectivity index (χ3v) is 7.93. The second-order valence-electron chi connectivity index (χ2n) is 11.3. The molecule has 1 aliphatic rings. The van der Waals surface area contributed by atoms with E-state index in [-0.39, 0.29) is 5.92 Å². The lowest BCUT2D eigenvalue weighted by molar-refractivity contribution is 0.330. The summed E-state index contributed by atoms with van der Waals surface area (Å²) in [6.45, 7) is 6.33. The van der Waals surface area contributed by atoms with Gasteiger partial charge in [-0.2, -0.15) is 4.52 Å².